The number of hydrogen-bond donors (Lipinski definition) is 1. The van der Waals surface area contributed by atoms with E-state index in [1.54, 1.807) is 48.1 Å². The minimum Gasteiger partial charge on any atom is -0.455 e. The van der Waals surface area contributed by atoms with Gasteiger partial charge in [0.2, 0.25) is 0 Å². The average Bonchev–Trinajstić information content (AvgIpc) is 3.19. The molecule has 5 rings (SSSR count). The molecule has 0 radical (unpaired) electrons. The Bertz CT molecular complexity index is 1580. The van der Waals surface area contributed by atoms with Crippen molar-refractivity contribution in [2.45, 2.75) is 20.8 Å². The number of nitrogens with one attached hydrogen (secondary N) is 1. The molecule has 0 atom stereocenters. The quantitative estimate of drug-likeness (QED) is 0.406. The van der Waals surface area contributed by atoms with Crippen LogP contribution >= 0.6 is 0 Å². The maximum Gasteiger partial charge on any atom is 0.259 e. The summed E-state index contributed by atoms with van der Waals surface area (Å²) in [4.78, 5) is 30.6. The predicted octanol–water partition coefficient (Wildman–Crippen LogP) is 5.22. The van der Waals surface area contributed by atoms with Crippen LogP contribution < -0.4 is 10.7 Å². The molecule has 168 valence electrons. The van der Waals surface area contributed by atoms with Crippen LogP contribution in [0.4, 0.5) is 5.69 Å². The highest BCUT2D eigenvalue weighted by Gasteiger charge is 2.18. The molecule has 34 heavy (non-hydrogen) atoms. The fraction of sp³-hybridized carbons (Fsp3) is 0.111. The van der Waals surface area contributed by atoms with E-state index < -0.39 is 5.91 Å². The van der Waals surface area contributed by atoms with Gasteiger partial charge in [-0.15, -0.1) is 0 Å². The summed E-state index contributed by atoms with van der Waals surface area (Å²) < 4.78 is 7.90. The molecule has 0 saturated heterocycles. The van der Waals surface area contributed by atoms with E-state index in [2.05, 4.69) is 15.4 Å². The van der Waals surface area contributed by atoms with Crippen LogP contribution in [0.5, 0.6) is 0 Å². The lowest BCUT2D eigenvalue weighted by atomic mass is 10.0. The summed E-state index contributed by atoms with van der Waals surface area (Å²) in [5, 5.41) is 7.64. The molecule has 3 aromatic heterocycles. The van der Waals surface area contributed by atoms with E-state index in [-0.39, 0.29) is 16.6 Å². The van der Waals surface area contributed by atoms with Crippen molar-refractivity contribution in [2.24, 2.45) is 0 Å². The number of anilines is 1. The van der Waals surface area contributed by atoms with Crippen LogP contribution in [0.25, 0.3) is 28.1 Å². The molecule has 0 bridgehead atoms. The standard InChI is InChI=1S/C27H22N4O3/c1-16-14-17(2)31(30-16)23-13-12-20(15-28-23)29-27(33)22-11-7-10-21-24(32)18(3)25(34-26(21)22)19-8-5-4-6-9-19/h4-15H,1-3H3,(H,29,33). The minimum absolute atomic E-state index is 0.161. The summed E-state index contributed by atoms with van der Waals surface area (Å²) in [6, 6.07) is 19.9. The van der Waals surface area contributed by atoms with Crippen LogP contribution in [-0.2, 0) is 0 Å². The van der Waals surface area contributed by atoms with Crippen LogP contribution in [0.2, 0.25) is 0 Å². The predicted molar refractivity (Wildman–Crippen MR) is 131 cm³/mol. The molecule has 1 N–H and O–H groups in total. The molecule has 0 saturated carbocycles. The maximum atomic E-state index is 13.2. The highest BCUT2D eigenvalue weighted by Crippen LogP contribution is 2.27. The zero-order chi connectivity index (χ0) is 23.8. The zero-order valence-electron chi connectivity index (χ0n) is 19.0. The van der Waals surface area contributed by atoms with Gasteiger partial charge in [-0.1, -0.05) is 36.4 Å². The van der Waals surface area contributed by atoms with Crippen LogP contribution in [0.15, 0.2) is 82.1 Å². The van der Waals surface area contributed by atoms with E-state index in [1.165, 1.54) is 0 Å². The van der Waals surface area contributed by atoms with Gasteiger partial charge in [0.1, 0.15) is 5.76 Å². The molecule has 0 fully saturated rings. The Balaban J connectivity index is 1.50. The van der Waals surface area contributed by atoms with Gasteiger partial charge in [0.25, 0.3) is 5.91 Å². The Morgan fingerprint density at radius 1 is 0.971 bits per heavy atom. The van der Waals surface area contributed by atoms with E-state index >= 15 is 0 Å². The van der Waals surface area contributed by atoms with E-state index in [0.717, 1.165) is 17.0 Å². The van der Waals surface area contributed by atoms with Gasteiger partial charge in [-0.2, -0.15) is 5.10 Å². The Kier molecular flexibility index (Phi) is 5.30. The Labute approximate surface area is 195 Å². The van der Waals surface area contributed by atoms with Crippen molar-refractivity contribution in [3.63, 3.8) is 0 Å². The average molecular weight is 450 g/mol. The molecular weight excluding hydrogens is 428 g/mol. The number of benzene rings is 2. The lowest BCUT2D eigenvalue weighted by molar-refractivity contribution is 0.102. The molecule has 0 spiro atoms. The van der Waals surface area contributed by atoms with Gasteiger partial charge in [0.15, 0.2) is 16.8 Å². The lowest BCUT2D eigenvalue weighted by Gasteiger charge is -2.11. The first kappa shape index (κ1) is 21.3. The highest BCUT2D eigenvalue weighted by molar-refractivity contribution is 6.11. The second-order valence-corrected chi connectivity index (χ2v) is 8.13. The monoisotopic (exact) mass is 450 g/mol. The number of carbonyl (C=O) groups excluding carboxylic acids is 1. The molecule has 0 aliphatic carbocycles. The second kappa shape index (κ2) is 8.44. The summed E-state index contributed by atoms with van der Waals surface area (Å²) in [6.45, 7) is 5.61. The third kappa shape index (κ3) is 3.77. The fourth-order valence-corrected chi connectivity index (χ4v) is 4.00. The van der Waals surface area contributed by atoms with Gasteiger partial charge in [-0.3, -0.25) is 9.59 Å². The minimum atomic E-state index is -0.391. The lowest BCUT2D eigenvalue weighted by Crippen LogP contribution is -2.15. The molecule has 0 aliphatic heterocycles. The normalized spacial score (nSPS) is 11.0. The molecule has 5 aromatic rings. The molecule has 0 aliphatic rings. The number of aromatic nitrogens is 3. The number of pyridine rings is 1. The molecule has 2 aromatic carbocycles. The van der Waals surface area contributed by atoms with Crippen LogP contribution in [0.3, 0.4) is 0 Å². The Morgan fingerprint density at radius 2 is 1.76 bits per heavy atom. The molecule has 1 amide bonds. The summed E-state index contributed by atoms with van der Waals surface area (Å²) in [5.41, 5.74) is 4.03. The van der Waals surface area contributed by atoms with Crippen molar-refractivity contribution < 1.29 is 9.21 Å². The third-order valence-corrected chi connectivity index (χ3v) is 5.66. The van der Waals surface area contributed by atoms with E-state index in [1.807, 2.05) is 50.2 Å². The number of rotatable bonds is 4. The second-order valence-electron chi connectivity index (χ2n) is 8.13. The zero-order valence-corrected chi connectivity index (χ0v) is 19.0. The fourth-order valence-electron chi connectivity index (χ4n) is 4.00. The van der Waals surface area contributed by atoms with Gasteiger partial charge in [0, 0.05) is 16.8 Å². The first-order valence-electron chi connectivity index (χ1n) is 10.9. The van der Waals surface area contributed by atoms with Crippen LogP contribution in [-0.4, -0.2) is 20.7 Å². The molecule has 7 heteroatoms. The number of para-hydroxylation sites is 1. The molecular formula is C27H22N4O3. The van der Waals surface area contributed by atoms with Gasteiger partial charge in [0.05, 0.1) is 28.5 Å². The number of carbonyl (C=O) groups is 1. The topological polar surface area (TPSA) is 90.0 Å². The maximum absolute atomic E-state index is 13.2. The van der Waals surface area contributed by atoms with Gasteiger partial charge >= 0.3 is 0 Å². The van der Waals surface area contributed by atoms with Crippen molar-refractivity contribution in [2.75, 3.05) is 5.32 Å². The summed E-state index contributed by atoms with van der Waals surface area (Å²) >= 11 is 0. The first-order valence-corrected chi connectivity index (χ1v) is 10.9. The SMILES string of the molecule is Cc1cc(C)n(-c2ccc(NC(=O)c3cccc4c(=O)c(C)c(-c5ccccc5)oc34)cn2)n1. The molecule has 7 nitrogen and oxygen atoms in total. The highest BCUT2D eigenvalue weighted by atomic mass is 16.3. The number of fused-ring (bicyclic) bond motifs is 1. The van der Waals surface area contributed by atoms with E-state index in [9.17, 15) is 9.59 Å². The van der Waals surface area contributed by atoms with Gasteiger partial charge in [-0.25, -0.2) is 9.67 Å². The van der Waals surface area contributed by atoms with Crippen LogP contribution in [0, 0.1) is 20.8 Å². The molecule has 0 unspecified atom stereocenters. The summed E-state index contributed by atoms with van der Waals surface area (Å²) in [6.07, 6.45) is 1.57. The number of nitrogens with zero attached hydrogens (tertiary/aromatic N) is 3. The number of amides is 1. The smallest absolute Gasteiger partial charge is 0.259 e. The summed E-state index contributed by atoms with van der Waals surface area (Å²) in [7, 11) is 0. The van der Waals surface area contributed by atoms with Crippen molar-refractivity contribution in [3.8, 4) is 17.1 Å². The Hall–Kier alpha value is -4.52. The van der Waals surface area contributed by atoms with E-state index in [4.69, 9.17) is 4.42 Å². The Morgan fingerprint density at radius 3 is 2.44 bits per heavy atom. The van der Waals surface area contributed by atoms with Crippen molar-refractivity contribution in [1.29, 1.82) is 0 Å². The van der Waals surface area contributed by atoms with E-state index in [0.29, 0.717) is 28.2 Å². The van der Waals surface area contributed by atoms with Crippen LogP contribution in [0.1, 0.15) is 27.3 Å². The molecule has 3 heterocycles. The van der Waals surface area contributed by atoms with Crippen molar-refractivity contribution in [1.82, 2.24) is 14.8 Å². The largest absolute Gasteiger partial charge is 0.455 e. The van der Waals surface area contributed by atoms with Gasteiger partial charge < -0.3 is 9.73 Å². The first-order chi connectivity index (χ1) is 16.4. The number of aryl methyl sites for hydroxylation is 2. The number of hydrogen-bond acceptors (Lipinski definition) is 5. The van der Waals surface area contributed by atoms with Crippen molar-refractivity contribution >= 4 is 22.6 Å². The summed E-state index contributed by atoms with van der Waals surface area (Å²) in [5.74, 6) is 0.717. The van der Waals surface area contributed by atoms with Gasteiger partial charge in [-0.05, 0) is 51.1 Å². The third-order valence-electron chi connectivity index (χ3n) is 5.66. The van der Waals surface area contributed by atoms with Crippen molar-refractivity contribution in [3.05, 3.63) is 106 Å².